The van der Waals surface area contributed by atoms with Gasteiger partial charge in [0.25, 0.3) is 0 Å². The monoisotopic (exact) mass is 228 g/mol. The molecule has 2 nitrogen and oxygen atoms in total. The van der Waals surface area contributed by atoms with E-state index in [9.17, 15) is 0 Å². The third-order valence-electron chi connectivity index (χ3n) is 2.49. The summed E-state index contributed by atoms with van der Waals surface area (Å²) in [6.45, 7) is 0. The SMILES string of the molecule is C1=N[SH](Nc2ccccc2)c2ccccc21. The van der Waals surface area contributed by atoms with Crippen molar-refractivity contribution < 1.29 is 0 Å². The first-order valence-corrected chi connectivity index (χ1v) is 6.48. The van der Waals surface area contributed by atoms with Gasteiger partial charge in [0, 0.05) is 22.4 Å². The Morgan fingerprint density at radius 2 is 1.62 bits per heavy atom. The molecule has 0 spiro atoms. The van der Waals surface area contributed by atoms with Gasteiger partial charge in [0.2, 0.25) is 0 Å². The van der Waals surface area contributed by atoms with Crippen LogP contribution in [0, 0.1) is 0 Å². The van der Waals surface area contributed by atoms with Crippen LogP contribution >= 0.6 is 11.3 Å². The highest BCUT2D eigenvalue weighted by molar-refractivity contribution is 8.17. The third-order valence-corrected chi connectivity index (χ3v) is 4.17. The van der Waals surface area contributed by atoms with Crippen molar-refractivity contribution in [1.82, 2.24) is 0 Å². The first-order valence-electron chi connectivity index (χ1n) is 5.18. The Morgan fingerprint density at radius 1 is 0.875 bits per heavy atom. The minimum Gasteiger partial charge on any atom is -0.329 e. The minimum atomic E-state index is -0.618. The predicted molar refractivity (Wildman–Crippen MR) is 71.4 cm³/mol. The molecule has 3 heteroatoms. The van der Waals surface area contributed by atoms with Gasteiger partial charge < -0.3 is 4.72 Å². The number of anilines is 1. The fourth-order valence-electron chi connectivity index (χ4n) is 1.70. The molecule has 0 radical (unpaired) electrons. The van der Waals surface area contributed by atoms with E-state index >= 15 is 0 Å². The molecule has 3 rings (SSSR count). The largest absolute Gasteiger partial charge is 0.329 e. The van der Waals surface area contributed by atoms with Gasteiger partial charge in [-0.3, -0.25) is 0 Å². The van der Waals surface area contributed by atoms with E-state index in [4.69, 9.17) is 0 Å². The van der Waals surface area contributed by atoms with Crippen LogP contribution in [-0.2, 0) is 0 Å². The Kier molecular flexibility index (Phi) is 2.38. The van der Waals surface area contributed by atoms with Crippen LogP contribution in [0.2, 0.25) is 0 Å². The van der Waals surface area contributed by atoms with Gasteiger partial charge in [-0.15, -0.1) is 0 Å². The molecule has 80 valence electrons. The van der Waals surface area contributed by atoms with Crippen molar-refractivity contribution in [3.8, 4) is 0 Å². The molecule has 0 aromatic heterocycles. The van der Waals surface area contributed by atoms with Gasteiger partial charge >= 0.3 is 0 Å². The molecule has 0 bridgehead atoms. The summed E-state index contributed by atoms with van der Waals surface area (Å²) in [4.78, 5) is 1.31. The molecular weight excluding hydrogens is 216 g/mol. The molecule has 1 atom stereocenters. The summed E-state index contributed by atoms with van der Waals surface area (Å²) in [6.07, 6.45) is 1.96. The smallest absolute Gasteiger partial charge is 0.0441 e. The highest BCUT2D eigenvalue weighted by atomic mass is 32.2. The molecule has 0 amide bonds. The van der Waals surface area contributed by atoms with Crippen molar-refractivity contribution in [3.63, 3.8) is 0 Å². The van der Waals surface area contributed by atoms with Crippen molar-refractivity contribution in [3.05, 3.63) is 60.2 Å². The fourth-order valence-corrected chi connectivity index (χ4v) is 3.24. The lowest BCUT2D eigenvalue weighted by Crippen LogP contribution is -1.92. The molecular formula is C13H12N2S. The quantitative estimate of drug-likeness (QED) is 0.756. The number of hydrogen-bond acceptors (Lipinski definition) is 2. The normalized spacial score (nSPS) is 19.4. The molecule has 1 unspecified atom stereocenters. The standard InChI is InChI=1S/C13H12N2S/c1-2-7-12(8-3-1)15-16-13-9-5-4-6-11(13)10-14-16/h1-10,15-16H. The Balaban J connectivity index is 1.87. The Bertz CT molecular complexity index is 522. The van der Waals surface area contributed by atoms with Crippen LogP contribution in [0.4, 0.5) is 5.69 Å². The maximum Gasteiger partial charge on any atom is 0.0441 e. The highest BCUT2D eigenvalue weighted by Gasteiger charge is 2.13. The zero-order valence-corrected chi connectivity index (χ0v) is 9.56. The Morgan fingerprint density at radius 3 is 2.50 bits per heavy atom. The summed E-state index contributed by atoms with van der Waals surface area (Å²) >= 11 is -0.618. The second kappa shape index (κ2) is 4.02. The summed E-state index contributed by atoms with van der Waals surface area (Å²) in [7, 11) is 0. The van der Waals surface area contributed by atoms with E-state index in [-0.39, 0.29) is 0 Å². The van der Waals surface area contributed by atoms with Gasteiger partial charge in [0.15, 0.2) is 0 Å². The van der Waals surface area contributed by atoms with E-state index in [1.54, 1.807) is 0 Å². The summed E-state index contributed by atoms with van der Waals surface area (Å²) in [5.41, 5.74) is 2.36. The number of benzene rings is 2. The lowest BCUT2D eigenvalue weighted by atomic mass is 10.2. The summed E-state index contributed by atoms with van der Waals surface area (Å²) in [5.74, 6) is 0. The molecule has 0 fully saturated rings. The van der Waals surface area contributed by atoms with Crippen LogP contribution in [0.3, 0.4) is 0 Å². The molecule has 0 aliphatic carbocycles. The number of rotatable bonds is 2. The predicted octanol–water partition coefficient (Wildman–Crippen LogP) is 3.42. The van der Waals surface area contributed by atoms with E-state index in [1.165, 1.54) is 10.5 Å². The second-order valence-electron chi connectivity index (χ2n) is 3.59. The number of nitrogens with zero attached hydrogens (tertiary/aromatic N) is 1. The molecule has 1 N–H and O–H groups in total. The van der Waals surface area contributed by atoms with Gasteiger partial charge in [-0.05, 0) is 18.2 Å². The molecule has 1 aliphatic rings. The first-order chi connectivity index (χ1) is 7.93. The van der Waals surface area contributed by atoms with E-state index < -0.39 is 11.3 Å². The average Bonchev–Trinajstić information content (AvgIpc) is 2.74. The van der Waals surface area contributed by atoms with Crippen LogP contribution in [0.15, 0.2) is 63.9 Å². The van der Waals surface area contributed by atoms with Crippen LogP contribution in [0.5, 0.6) is 0 Å². The summed E-state index contributed by atoms with van der Waals surface area (Å²) in [6, 6.07) is 18.6. The number of para-hydroxylation sites is 1. The zero-order valence-electron chi connectivity index (χ0n) is 8.67. The molecule has 0 saturated heterocycles. The Labute approximate surface area is 97.7 Å². The molecule has 1 aliphatic heterocycles. The van der Waals surface area contributed by atoms with Gasteiger partial charge in [0.1, 0.15) is 0 Å². The number of thiol groups is 1. The van der Waals surface area contributed by atoms with Gasteiger partial charge in [-0.1, -0.05) is 47.7 Å². The van der Waals surface area contributed by atoms with Gasteiger partial charge in [0.05, 0.1) is 0 Å². The molecule has 1 heterocycles. The van der Waals surface area contributed by atoms with Crippen LogP contribution in [0.25, 0.3) is 0 Å². The van der Waals surface area contributed by atoms with E-state index in [1.807, 2.05) is 30.5 Å². The van der Waals surface area contributed by atoms with Crippen molar-refractivity contribution in [1.29, 1.82) is 0 Å². The summed E-state index contributed by atoms with van der Waals surface area (Å²) < 4.78 is 7.99. The van der Waals surface area contributed by atoms with Crippen LogP contribution in [-0.4, -0.2) is 6.21 Å². The zero-order chi connectivity index (χ0) is 10.8. The lowest BCUT2D eigenvalue weighted by Gasteiger charge is -2.16. The first kappa shape index (κ1) is 9.48. The number of fused-ring (bicyclic) bond motifs is 1. The molecule has 16 heavy (non-hydrogen) atoms. The average molecular weight is 228 g/mol. The number of nitrogens with one attached hydrogen (secondary N) is 1. The molecule has 2 aromatic carbocycles. The topological polar surface area (TPSA) is 24.4 Å². The second-order valence-corrected chi connectivity index (χ2v) is 5.15. The van der Waals surface area contributed by atoms with E-state index in [2.05, 4.69) is 39.5 Å². The van der Waals surface area contributed by atoms with E-state index in [0.717, 1.165) is 5.69 Å². The van der Waals surface area contributed by atoms with Gasteiger partial charge in [-0.2, -0.15) is 0 Å². The highest BCUT2D eigenvalue weighted by Crippen LogP contribution is 2.43. The van der Waals surface area contributed by atoms with Crippen molar-refractivity contribution in [2.24, 2.45) is 4.40 Å². The van der Waals surface area contributed by atoms with Crippen molar-refractivity contribution >= 4 is 23.2 Å². The van der Waals surface area contributed by atoms with Crippen LogP contribution < -0.4 is 4.72 Å². The molecule has 2 aromatic rings. The summed E-state index contributed by atoms with van der Waals surface area (Å²) in [5, 5.41) is 0. The van der Waals surface area contributed by atoms with Crippen molar-refractivity contribution in [2.45, 2.75) is 4.90 Å². The lowest BCUT2D eigenvalue weighted by molar-refractivity contribution is 1.44. The van der Waals surface area contributed by atoms with E-state index in [0.29, 0.717) is 0 Å². The third kappa shape index (κ3) is 1.70. The maximum absolute atomic E-state index is 4.53. The minimum absolute atomic E-state index is 0.618. The van der Waals surface area contributed by atoms with Crippen LogP contribution in [0.1, 0.15) is 5.56 Å². The fraction of sp³-hybridized carbons (Fsp3) is 0. The van der Waals surface area contributed by atoms with Crippen molar-refractivity contribution in [2.75, 3.05) is 4.72 Å². The van der Waals surface area contributed by atoms with Gasteiger partial charge in [-0.25, -0.2) is 4.40 Å². The maximum atomic E-state index is 4.53. The Hall–Kier alpha value is -1.74. The number of hydrogen-bond donors (Lipinski definition) is 2. The molecule has 0 saturated carbocycles.